The quantitative estimate of drug-likeness (QED) is 0.368. The van der Waals surface area contributed by atoms with Crippen molar-refractivity contribution in [3.05, 3.63) is 0 Å². The van der Waals surface area contributed by atoms with Gasteiger partial charge in [-0.05, 0) is 0 Å². The van der Waals surface area contributed by atoms with Gasteiger partial charge < -0.3 is 35.8 Å². The average Bonchev–Trinajstić information content (AvgIpc) is 0. The SMILES string of the molecule is O.O.[Cl-].[Cl-].[Sn]. The Balaban J connectivity index is 0. The fourth-order valence-corrected chi connectivity index (χ4v) is 0. The molecule has 0 aromatic rings. The van der Waals surface area contributed by atoms with Crippen LogP contribution in [0.5, 0.6) is 0 Å². The molecule has 5 heavy (non-hydrogen) atoms. The molecule has 2 nitrogen and oxygen atoms in total. The number of rotatable bonds is 0. The summed E-state index contributed by atoms with van der Waals surface area (Å²) in [5.41, 5.74) is 0. The van der Waals surface area contributed by atoms with Gasteiger partial charge in [0.1, 0.15) is 0 Å². The van der Waals surface area contributed by atoms with E-state index >= 15 is 0 Å². The second-order valence-electron chi connectivity index (χ2n) is 0. The third kappa shape index (κ3) is 34.2. The maximum atomic E-state index is 0. The fraction of sp³-hybridized carbons (Fsp3) is 0. The Morgan fingerprint density at radius 2 is 0.600 bits per heavy atom. The molecule has 36 valence electrons. The van der Waals surface area contributed by atoms with Crippen LogP contribution in [-0.4, -0.2) is 34.9 Å². The molecule has 4 N–H and O–H groups in total. The van der Waals surface area contributed by atoms with Crippen molar-refractivity contribution in [1.82, 2.24) is 0 Å². The zero-order valence-electron chi connectivity index (χ0n) is 2.26. The first-order valence-electron chi connectivity index (χ1n) is 0. The van der Waals surface area contributed by atoms with E-state index in [1.165, 1.54) is 0 Å². The van der Waals surface area contributed by atoms with Gasteiger partial charge in [-0.3, -0.25) is 0 Å². The summed E-state index contributed by atoms with van der Waals surface area (Å²) in [4.78, 5) is 0. The number of hydrogen-bond acceptors (Lipinski definition) is 0. The third-order valence-electron chi connectivity index (χ3n) is 0. The number of halogens is 2. The van der Waals surface area contributed by atoms with E-state index < -0.39 is 0 Å². The van der Waals surface area contributed by atoms with Gasteiger partial charge in [0.25, 0.3) is 0 Å². The van der Waals surface area contributed by atoms with Crippen LogP contribution in [0.4, 0.5) is 0 Å². The van der Waals surface area contributed by atoms with E-state index in [2.05, 4.69) is 0 Å². The monoisotopic (exact) mass is 226 g/mol. The molecule has 0 aliphatic heterocycles. The molecule has 0 atom stereocenters. The van der Waals surface area contributed by atoms with Gasteiger partial charge >= 0.3 is 0 Å². The molecular formula is H4Cl2O2Sn-2. The molecule has 0 spiro atoms. The second kappa shape index (κ2) is 58.1. The van der Waals surface area contributed by atoms with Crippen LogP contribution in [0.2, 0.25) is 0 Å². The van der Waals surface area contributed by atoms with E-state index in [0.29, 0.717) is 0 Å². The topological polar surface area (TPSA) is 63.0 Å². The Kier molecular flexibility index (Phi) is 1220. The first kappa shape index (κ1) is 105. The van der Waals surface area contributed by atoms with Crippen molar-refractivity contribution in [3.8, 4) is 0 Å². The maximum absolute atomic E-state index is 0. The van der Waals surface area contributed by atoms with Gasteiger partial charge in [0.05, 0.1) is 0 Å². The van der Waals surface area contributed by atoms with E-state index in [9.17, 15) is 0 Å². The van der Waals surface area contributed by atoms with Crippen molar-refractivity contribution in [2.75, 3.05) is 0 Å². The van der Waals surface area contributed by atoms with Crippen molar-refractivity contribution in [1.29, 1.82) is 0 Å². The summed E-state index contributed by atoms with van der Waals surface area (Å²) < 4.78 is 0. The summed E-state index contributed by atoms with van der Waals surface area (Å²) in [6.45, 7) is 0. The molecule has 0 rings (SSSR count). The third-order valence-corrected chi connectivity index (χ3v) is 0. The van der Waals surface area contributed by atoms with Crippen LogP contribution >= 0.6 is 0 Å². The normalized spacial score (nSPS) is 0. The van der Waals surface area contributed by atoms with Crippen LogP contribution in [0.15, 0.2) is 0 Å². The Hall–Kier alpha value is 1.30. The Bertz CT molecular complexity index is 7.61. The van der Waals surface area contributed by atoms with Crippen LogP contribution < -0.4 is 24.8 Å². The van der Waals surface area contributed by atoms with Gasteiger partial charge in [0.15, 0.2) is 0 Å². The van der Waals surface area contributed by atoms with Crippen molar-refractivity contribution in [2.45, 2.75) is 0 Å². The van der Waals surface area contributed by atoms with Gasteiger partial charge in [0.2, 0.25) is 0 Å². The van der Waals surface area contributed by atoms with E-state index in [0.717, 1.165) is 0 Å². The molecule has 0 aromatic carbocycles. The molecule has 0 aliphatic carbocycles. The minimum absolute atomic E-state index is 0. The summed E-state index contributed by atoms with van der Waals surface area (Å²) in [6.07, 6.45) is 0. The van der Waals surface area contributed by atoms with Crippen molar-refractivity contribution in [3.63, 3.8) is 0 Å². The minimum atomic E-state index is 0. The molecule has 0 saturated carbocycles. The van der Waals surface area contributed by atoms with Crippen molar-refractivity contribution >= 4 is 23.9 Å². The molecule has 0 unspecified atom stereocenters. The van der Waals surface area contributed by atoms with E-state index in [1.807, 2.05) is 0 Å². The van der Waals surface area contributed by atoms with E-state index in [-0.39, 0.29) is 59.7 Å². The molecule has 0 heterocycles. The first-order valence-corrected chi connectivity index (χ1v) is 0. The van der Waals surface area contributed by atoms with Gasteiger partial charge in [-0.15, -0.1) is 0 Å². The van der Waals surface area contributed by atoms with Crippen LogP contribution in [0.1, 0.15) is 0 Å². The van der Waals surface area contributed by atoms with Gasteiger partial charge in [-0.25, -0.2) is 0 Å². The molecule has 4 radical (unpaired) electrons. The molecule has 0 aliphatic rings. The molecule has 0 saturated heterocycles. The van der Waals surface area contributed by atoms with Crippen LogP contribution in [0.25, 0.3) is 0 Å². The first-order chi connectivity index (χ1) is 0. The summed E-state index contributed by atoms with van der Waals surface area (Å²) in [5, 5.41) is 0. The predicted molar refractivity (Wildman–Crippen MR) is 13.0 cm³/mol. The molecule has 0 aromatic heterocycles. The van der Waals surface area contributed by atoms with Gasteiger partial charge in [-0.1, -0.05) is 0 Å². The molecule has 0 fully saturated rings. The van der Waals surface area contributed by atoms with Gasteiger partial charge in [-0.2, -0.15) is 0 Å². The standard InChI is InChI=1S/2ClH.2H2O.Sn/h2*1H;2*1H2;/p-2. The molecule has 0 bridgehead atoms. The summed E-state index contributed by atoms with van der Waals surface area (Å²) in [6, 6.07) is 0. The largest absolute Gasteiger partial charge is 1.00 e. The predicted octanol–water partition coefficient (Wildman–Crippen LogP) is -8.02. The van der Waals surface area contributed by atoms with Crippen molar-refractivity contribution < 1.29 is 35.8 Å². The Labute approximate surface area is 59.7 Å². The summed E-state index contributed by atoms with van der Waals surface area (Å²) >= 11 is 0. The van der Waals surface area contributed by atoms with Crippen LogP contribution in [0, 0.1) is 0 Å². The van der Waals surface area contributed by atoms with Gasteiger partial charge in [0, 0.05) is 23.9 Å². The average molecular weight is 226 g/mol. The molecule has 0 amide bonds. The van der Waals surface area contributed by atoms with E-state index in [4.69, 9.17) is 0 Å². The molecular weight excluding hydrogens is 222 g/mol. The Morgan fingerprint density at radius 1 is 0.600 bits per heavy atom. The Morgan fingerprint density at radius 3 is 0.600 bits per heavy atom. The van der Waals surface area contributed by atoms with Crippen LogP contribution in [-0.2, 0) is 0 Å². The van der Waals surface area contributed by atoms with Crippen molar-refractivity contribution in [2.24, 2.45) is 0 Å². The van der Waals surface area contributed by atoms with E-state index in [1.54, 1.807) is 0 Å². The minimum Gasteiger partial charge on any atom is -1.00 e. The van der Waals surface area contributed by atoms with Crippen LogP contribution in [0.3, 0.4) is 0 Å². The zero-order valence-corrected chi connectivity index (χ0v) is 6.62. The summed E-state index contributed by atoms with van der Waals surface area (Å²) in [7, 11) is 0. The zero-order chi connectivity index (χ0) is 0. The second-order valence-corrected chi connectivity index (χ2v) is 0. The molecule has 5 heteroatoms. The fourth-order valence-electron chi connectivity index (χ4n) is 0. The smallest absolute Gasteiger partial charge is 0 e. The summed E-state index contributed by atoms with van der Waals surface area (Å²) in [5.74, 6) is 0. The maximum Gasteiger partial charge on any atom is 0 e. The number of hydrogen-bond donors (Lipinski definition) is 0.